The molecule has 0 bridgehead atoms. The predicted octanol–water partition coefficient (Wildman–Crippen LogP) is 2.87. The smallest absolute Gasteiger partial charge is 0.328 e. The molecule has 0 amide bonds. The minimum Gasteiger partial charge on any atom is -0.439 e. The largest absolute Gasteiger partial charge is 0.439 e. The van der Waals surface area contributed by atoms with Crippen molar-refractivity contribution in [2.45, 2.75) is 32.4 Å². The molecule has 150 valence electrons. The molecule has 0 aliphatic carbocycles. The average Bonchev–Trinajstić information content (AvgIpc) is 2.72. The summed E-state index contributed by atoms with van der Waals surface area (Å²) in [5.74, 6) is 1.35. The van der Waals surface area contributed by atoms with Crippen LogP contribution in [0.25, 0.3) is 0 Å². The van der Waals surface area contributed by atoms with Gasteiger partial charge >= 0.3 is 5.69 Å². The summed E-state index contributed by atoms with van der Waals surface area (Å²) in [5.41, 5.74) is 1.11. The maximum atomic E-state index is 12.1. The highest BCUT2D eigenvalue weighted by molar-refractivity contribution is 5.31. The lowest BCUT2D eigenvalue weighted by molar-refractivity contribution is 0.176. The van der Waals surface area contributed by atoms with Crippen LogP contribution in [0.5, 0.6) is 11.6 Å². The van der Waals surface area contributed by atoms with Crippen LogP contribution in [0.1, 0.15) is 30.0 Å². The van der Waals surface area contributed by atoms with E-state index in [2.05, 4.69) is 20.9 Å². The fourth-order valence-corrected chi connectivity index (χ4v) is 3.71. The summed E-state index contributed by atoms with van der Waals surface area (Å²) in [5, 5.41) is 0. The molecule has 1 fully saturated rings. The van der Waals surface area contributed by atoms with Crippen molar-refractivity contribution in [2.24, 2.45) is 0 Å². The van der Waals surface area contributed by atoms with Gasteiger partial charge in [0.2, 0.25) is 5.88 Å². The first-order valence-corrected chi connectivity index (χ1v) is 9.81. The van der Waals surface area contributed by atoms with Gasteiger partial charge in [-0.2, -0.15) is 0 Å². The number of aryl methyl sites for hydroxylation is 1. The Bertz CT molecular complexity index is 1080. The van der Waals surface area contributed by atoms with Gasteiger partial charge in [0.05, 0.1) is 0 Å². The molecule has 1 aromatic carbocycles. The molecule has 3 aromatic rings. The number of benzene rings is 1. The summed E-state index contributed by atoms with van der Waals surface area (Å²) in [7, 11) is 0. The van der Waals surface area contributed by atoms with E-state index in [9.17, 15) is 9.59 Å². The van der Waals surface area contributed by atoms with Gasteiger partial charge in [0, 0.05) is 49.7 Å². The predicted molar refractivity (Wildman–Crippen MR) is 110 cm³/mol. The SMILES string of the molecule is Cc1cn(C2CCN(Cc3cccc(Oc4ccccn4)c3)CC2)c(=O)[nH]c1=O. The molecule has 7 heteroatoms. The quantitative estimate of drug-likeness (QED) is 0.722. The van der Waals surface area contributed by atoms with Crippen molar-refractivity contribution in [2.75, 3.05) is 13.1 Å². The van der Waals surface area contributed by atoms with Crippen molar-refractivity contribution in [3.63, 3.8) is 0 Å². The molecule has 2 aromatic heterocycles. The molecule has 29 heavy (non-hydrogen) atoms. The minimum atomic E-state index is -0.321. The van der Waals surface area contributed by atoms with Gasteiger partial charge in [-0.3, -0.25) is 19.2 Å². The number of nitrogens with zero attached hydrogens (tertiary/aromatic N) is 3. The number of hydrogen-bond donors (Lipinski definition) is 1. The Labute approximate surface area is 168 Å². The fraction of sp³-hybridized carbons (Fsp3) is 0.318. The molecule has 0 radical (unpaired) electrons. The maximum absolute atomic E-state index is 12.1. The number of likely N-dealkylation sites (tertiary alicyclic amines) is 1. The standard InChI is InChI=1S/C22H24N4O3/c1-16-14-26(22(28)24-21(16)27)18-8-11-25(12-9-18)15-17-5-4-6-19(13-17)29-20-7-2-3-10-23-20/h2-7,10,13-14,18H,8-9,11-12,15H2,1H3,(H,24,27,28). The van der Waals surface area contributed by atoms with Crippen LogP contribution in [0.3, 0.4) is 0 Å². The van der Waals surface area contributed by atoms with Crippen molar-refractivity contribution < 1.29 is 4.74 Å². The molecule has 1 saturated heterocycles. The third-order valence-corrected chi connectivity index (χ3v) is 5.26. The zero-order valence-electron chi connectivity index (χ0n) is 16.4. The third kappa shape index (κ3) is 4.63. The molecular weight excluding hydrogens is 368 g/mol. The van der Waals surface area contributed by atoms with Crippen LogP contribution in [0.4, 0.5) is 0 Å². The van der Waals surface area contributed by atoms with Crippen LogP contribution in [-0.2, 0) is 6.54 Å². The van der Waals surface area contributed by atoms with Crippen molar-refractivity contribution >= 4 is 0 Å². The van der Waals surface area contributed by atoms with E-state index < -0.39 is 0 Å². The Hall–Kier alpha value is -3.19. The highest BCUT2D eigenvalue weighted by Crippen LogP contribution is 2.24. The first-order valence-electron chi connectivity index (χ1n) is 9.81. The topological polar surface area (TPSA) is 80.2 Å². The van der Waals surface area contributed by atoms with Gasteiger partial charge in [0.25, 0.3) is 5.56 Å². The summed E-state index contributed by atoms with van der Waals surface area (Å²) in [6.45, 7) is 4.33. The van der Waals surface area contributed by atoms with Crippen LogP contribution in [0.15, 0.2) is 64.4 Å². The number of aromatic amines is 1. The zero-order chi connectivity index (χ0) is 20.2. The van der Waals surface area contributed by atoms with Gasteiger partial charge in [-0.1, -0.05) is 18.2 Å². The molecule has 0 spiro atoms. The van der Waals surface area contributed by atoms with Crippen molar-refractivity contribution in [3.05, 3.63) is 86.8 Å². The summed E-state index contributed by atoms with van der Waals surface area (Å²) in [4.78, 5) is 32.7. The maximum Gasteiger partial charge on any atom is 0.328 e. The Morgan fingerprint density at radius 2 is 1.97 bits per heavy atom. The molecule has 0 saturated carbocycles. The van der Waals surface area contributed by atoms with Gasteiger partial charge in [-0.15, -0.1) is 0 Å². The van der Waals surface area contributed by atoms with Gasteiger partial charge < -0.3 is 4.74 Å². The highest BCUT2D eigenvalue weighted by atomic mass is 16.5. The van der Waals surface area contributed by atoms with E-state index >= 15 is 0 Å². The Kier molecular flexibility index (Phi) is 5.57. The minimum absolute atomic E-state index is 0.119. The lowest BCUT2D eigenvalue weighted by Crippen LogP contribution is -2.39. The Morgan fingerprint density at radius 1 is 1.14 bits per heavy atom. The van der Waals surface area contributed by atoms with E-state index in [-0.39, 0.29) is 17.3 Å². The first kappa shape index (κ1) is 19.1. The Balaban J connectivity index is 1.38. The fourth-order valence-electron chi connectivity index (χ4n) is 3.71. The summed E-state index contributed by atoms with van der Waals surface area (Å²) in [6, 6.07) is 13.7. The number of ether oxygens (including phenoxy) is 1. The van der Waals surface area contributed by atoms with Gasteiger partial charge in [0.1, 0.15) is 5.75 Å². The summed E-state index contributed by atoms with van der Waals surface area (Å²) in [6.07, 6.45) is 5.13. The van der Waals surface area contributed by atoms with Gasteiger partial charge in [0.15, 0.2) is 0 Å². The van der Waals surface area contributed by atoms with Crippen LogP contribution < -0.4 is 16.0 Å². The van der Waals surface area contributed by atoms with E-state index in [0.717, 1.165) is 38.2 Å². The molecule has 4 rings (SSSR count). The van der Waals surface area contributed by atoms with Gasteiger partial charge in [-0.25, -0.2) is 9.78 Å². The van der Waals surface area contributed by atoms with Crippen LogP contribution in [0, 0.1) is 6.92 Å². The van der Waals surface area contributed by atoms with E-state index in [1.165, 1.54) is 5.56 Å². The number of pyridine rings is 1. The van der Waals surface area contributed by atoms with Crippen molar-refractivity contribution in [3.8, 4) is 11.6 Å². The van der Waals surface area contributed by atoms with Crippen LogP contribution >= 0.6 is 0 Å². The molecule has 0 unspecified atom stereocenters. The number of nitrogens with one attached hydrogen (secondary N) is 1. The number of hydrogen-bond acceptors (Lipinski definition) is 5. The highest BCUT2D eigenvalue weighted by Gasteiger charge is 2.22. The second kappa shape index (κ2) is 8.45. The zero-order valence-corrected chi connectivity index (χ0v) is 16.4. The van der Waals surface area contributed by atoms with E-state index in [0.29, 0.717) is 11.4 Å². The molecule has 1 aliphatic rings. The van der Waals surface area contributed by atoms with E-state index in [1.807, 2.05) is 36.4 Å². The number of aromatic nitrogens is 3. The third-order valence-electron chi connectivity index (χ3n) is 5.26. The lowest BCUT2D eigenvalue weighted by Gasteiger charge is -2.32. The number of piperidine rings is 1. The second-order valence-electron chi connectivity index (χ2n) is 7.40. The second-order valence-corrected chi connectivity index (χ2v) is 7.40. The van der Waals surface area contributed by atoms with E-state index in [1.54, 1.807) is 23.9 Å². The molecule has 7 nitrogen and oxygen atoms in total. The summed E-state index contributed by atoms with van der Waals surface area (Å²) < 4.78 is 7.50. The molecule has 1 N–H and O–H groups in total. The summed E-state index contributed by atoms with van der Waals surface area (Å²) >= 11 is 0. The van der Waals surface area contributed by atoms with E-state index in [4.69, 9.17) is 4.74 Å². The molecular formula is C22H24N4O3. The number of H-pyrrole nitrogens is 1. The first-order chi connectivity index (χ1) is 14.1. The molecule has 3 heterocycles. The molecule has 1 aliphatic heterocycles. The normalized spacial score (nSPS) is 15.3. The monoisotopic (exact) mass is 392 g/mol. The van der Waals surface area contributed by atoms with Crippen molar-refractivity contribution in [1.82, 2.24) is 19.4 Å². The van der Waals surface area contributed by atoms with Crippen LogP contribution in [0.2, 0.25) is 0 Å². The van der Waals surface area contributed by atoms with Crippen molar-refractivity contribution in [1.29, 1.82) is 0 Å². The average molecular weight is 392 g/mol. The van der Waals surface area contributed by atoms with Gasteiger partial charge in [-0.05, 0) is 43.5 Å². The molecule has 0 atom stereocenters. The lowest BCUT2D eigenvalue weighted by atomic mass is 10.0. The Morgan fingerprint density at radius 3 is 2.72 bits per heavy atom. The van der Waals surface area contributed by atoms with Crippen LogP contribution in [-0.4, -0.2) is 32.5 Å². The number of rotatable bonds is 5.